The molecule has 0 bridgehead atoms. The Morgan fingerprint density at radius 2 is 1.90 bits per heavy atom. The lowest BCUT2D eigenvalue weighted by Crippen LogP contribution is -2.45. The van der Waals surface area contributed by atoms with Crippen molar-refractivity contribution in [1.82, 2.24) is 9.88 Å². The molecule has 2 aromatic carbocycles. The molecule has 160 valence electrons. The van der Waals surface area contributed by atoms with Crippen LogP contribution >= 0.6 is 11.8 Å². The van der Waals surface area contributed by atoms with Crippen LogP contribution in [0, 0.1) is 20.8 Å². The highest BCUT2D eigenvalue weighted by molar-refractivity contribution is 7.99. The Kier molecular flexibility index (Phi) is 6.13. The van der Waals surface area contributed by atoms with Crippen molar-refractivity contribution in [1.29, 1.82) is 0 Å². The summed E-state index contributed by atoms with van der Waals surface area (Å²) in [6.07, 6.45) is 0.107. The van der Waals surface area contributed by atoms with Crippen LogP contribution in [-0.4, -0.2) is 39.4 Å². The highest BCUT2D eigenvalue weighted by Gasteiger charge is 2.35. The summed E-state index contributed by atoms with van der Waals surface area (Å²) in [5, 5.41) is 2.96. The molecule has 1 saturated heterocycles. The second-order valence-electron chi connectivity index (χ2n) is 7.73. The number of nitrogens with zero attached hydrogens (tertiary/aromatic N) is 2. The molecule has 31 heavy (non-hydrogen) atoms. The van der Waals surface area contributed by atoms with Gasteiger partial charge in [0.25, 0.3) is 0 Å². The lowest BCUT2D eigenvalue weighted by Gasteiger charge is -2.23. The van der Waals surface area contributed by atoms with Crippen molar-refractivity contribution < 1.29 is 14.0 Å². The SMILES string of the molecule is Cc1ccc(NC(=O)C2CSCN2C(=O)Cc2nc(-c3ccccc3)oc2C)cc1C. The van der Waals surface area contributed by atoms with Crippen molar-refractivity contribution in [3.63, 3.8) is 0 Å². The smallest absolute Gasteiger partial charge is 0.248 e. The topological polar surface area (TPSA) is 75.4 Å². The van der Waals surface area contributed by atoms with Crippen molar-refractivity contribution in [2.24, 2.45) is 0 Å². The Morgan fingerprint density at radius 3 is 2.65 bits per heavy atom. The van der Waals surface area contributed by atoms with Gasteiger partial charge in [-0.25, -0.2) is 4.98 Å². The third-order valence-corrected chi connectivity index (χ3v) is 6.52. The number of rotatable bonds is 5. The third kappa shape index (κ3) is 4.66. The first-order chi connectivity index (χ1) is 14.9. The first kappa shape index (κ1) is 21.2. The van der Waals surface area contributed by atoms with Crippen molar-refractivity contribution in [2.75, 3.05) is 16.9 Å². The molecule has 1 aliphatic rings. The molecule has 0 radical (unpaired) electrons. The van der Waals surface area contributed by atoms with Crippen molar-refractivity contribution >= 4 is 29.3 Å². The summed E-state index contributed by atoms with van der Waals surface area (Å²) < 4.78 is 5.77. The Morgan fingerprint density at radius 1 is 1.13 bits per heavy atom. The fraction of sp³-hybridized carbons (Fsp3) is 0.292. The fourth-order valence-corrected chi connectivity index (χ4v) is 4.67. The monoisotopic (exact) mass is 435 g/mol. The predicted molar refractivity (Wildman–Crippen MR) is 123 cm³/mol. The number of carbonyl (C=O) groups is 2. The van der Waals surface area contributed by atoms with Gasteiger partial charge in [0.1, 0.15) is 11.8 Å². The molecule has 1 atom stereocenters. The molecule has 1 aromatic heterocycles. The molecule has 6 nitrogen and oxygen atoms in total. The number of anilines is 1. The first-order valence-corrected chi connectivity index (χ1v) is 11.3. The summed E-state index contributed by atoms with van der Waals surface area (Å²) in [5.74, 6) is 1.91. The van der Waals surface area contributed by atoms with Crippen molar-refractivity contribution in [2.45, 2.75) is 33.2 Å². The van der Waals surface area contributed by atoms with E-state index in [-0.39, 0.29) is 18.2 Å². The molecule has 0 spiro atoms. The van der Waals surface area contributed by atoms with Crippen LogP contribution in [0.4, 0.5) is 5.69 Å². The number of nitrogens with one attached hydrogen (secondary N) is 1. The van der Waals surface area contributed by atoms with E-state index in [1.54, 1.807) is 16.7 Å². The number of carbonyl (C=O) groups excluding carboxylic acids is 2. The lowest BCUT2D eigenvalue weighted by atomic mass is 10.1. The summed E-state index contributed by atoms with van der Waals surface area (Å²) in [5.41, 5.74) is 4.50. The largest absolute Gasteiger partial charge is 0.441 e. The molecule has 1 unspecified atom stereocenters. The quantitative estimate of drug-likeness (QED) is 0.645. The number of aryl methyl sites for hydroxylation is 3. The van der Waals surface area contributed by atoms with E-state index >= 15 is 0 Å². The molecule has 1 aliphatic heterocycles. The molecule has 2 amide bonds. The second kappa shape index (κ2) is 8.98. The van der Waals surface area contributed by atoms with Crippen molar-refractivity contribution in [3.05, 3.63) is 71.1 Å². The molecule has 2 heterocycles. The molecular weight excluding hydrogens is 410 g/mol. The standard InChI is InChI=1S/C24H25N3O3S/c1-15-9-10-19(11-16(15)2)25-23(29)21-13-31-14-27(21)22(28)12-20-17(3)30-24(26-20)18-7-5-4-6-8-18/h4-11,21H,12-14H2,1-3H3,(H,25,29). The number of amides is 2. The predicted octanol–water partition coefficient (Wildman–Crippen LogP) is 4.35. The number of oxazole rings is 1. The van der Waals surface area contributed by atoms with Crippen LogP contribution in [0.25, 0.3) is 11.5 Å². The maximum Gasteiger partial charge on any atom is 0.248 e. The van der Waals surface area contributed by atoms with Crippen LogP contribution in [0.5, 0.6) is 0 Å². The summed E-state index contributed by atoms with van der Waals surface area (Å²) >= 11 is 1.58. The zero-order chi connectivity index (χ0) is 22.0. The van der Waals surface area contributed by atoms with Gasteiger partial charge in [0.15, 0.2) is 0 Å². The van der Waals surface area contributed by atoms with Gasteiger partial charge in [0, 0.05) is 17.0 Å². The number of hydrogen-bond donors (Lipinski definition) is 1. The molecule has 7 heteroatoms. The van der Waals surface area contributed by atoms with Crippen molar-refractivity contribution in [3.8, 4) is 11.5 Å². The molecule has 1 N–H and O–H groups in total. The summed E-state index contributed by atoms with van der Waals surface area (Å²) in [6, 6.07) is 14.9. The average Bonchev–Trinajstić information content (AvgIpc) is 3.39. The van der Waals surface area contributed by atoms with E-state index in [0.29, 0.717) is 29.0 Å². The van der Waals surface area contributed by atoms with Gasteiger partial charge in [-0.2, -0.15) is 0 Å². The minimum Gasteiger partial charge on any atom is -0.441 e. The third-order valence-electron chi connectivity index (χ3n) is 5.51. The van der Waals surface area contributed by atoms with E-state index in [0.717, 1.165) is 16.8 Å². The summed E-state index contributed by atoms with van der Waals surface area (Å²) in [4.78, 5) is 32.1. The average molecular weight is 436 g/mol. The first-order valence-electron chi connectivity index (χ1n) is 10.2. The number of benzene rings is 2. The molecule has 0 saturated carbocycles. The Hall–Kier alpha value is -3.06. The van der Waals surface area contributed by atoms with E-state index in [1.165, 1.54) is 5.56 Å². The van der Waals surface area contributed by atoms with Crippen LogP contribution in [0.15, 0.2) is 52.9 Å². The van der Waals surface area contributed by atoms with Gasteiger partial charge in [0.05, 0.1) is 18.0 Å². The minimum atomic E-state index is -0.500. The van der Waals surface area contributed by atoms with Gasteiger partial charge in [-0.15, -0.1) is 11.8 Å². The van der Waals surface area contributed by atoms with Gasteiger partial charge in [0.2, 0.25) is 17.7 Å². The molecule has 0 aliphatic carbocycles. The van der Waals surface area contributed by atoms with Crippen LogP contribution in [0.3, 0.4) is 0 Å². The molecule has 4 rings (SSSR count). The van der Waals surface area contributed by atoms with E-state index in [9.17, 15) is 9.59 Å². The van der Waals surface area contributed by atoms with Gasteiger partial charge in [-0.05, 0) is 56.2 Å². The van der Waals surface area contributed by atoms with E-state index < -0.39 is 6.04 Å². The van der Waals surface area contributed by atoms with Gasteiger partial charge >= 0.3 is 0 Å². The van der Waals surface area contributed by atoms with Gasteiger partial charge < -0.3 is 14.6 Å². The van der Waals surface area contributed by atoms with Crippen LogP contribution in [0.1, 0.15) is 22.6 Å². The maximum atomic E-state index is 13.0. The van der Waals surface area contributed by atoms with E-state index in [4.69, 9.17) is 4.42 Å². The highest BCUT2D eigenvalue weighted by atomic mass is 32.2. The Labute approximate surface area is 186 Å². The second-order valence-corrected chi connectivity index (χ2v) is 8.73. The maximum absolute atomic E-state index is 13.0. The normalized spacial score (nSPS) is 15.8. The lowest BCUT2D eigenvalue weighted by molar-refractivity contribution is -0.135. The van der Waals surface area contributed by atoms with E-state index in [1.807, 2.05) is 69.3 Å². The summed E-state index contributed by atoms with van der Waals surface area (Å²) in [7, 11) is 0. The highest BCUT2D eigenvalue weighted by Crippen LogP contribution is 2.26. The number of hydrogen-bond acceptors (Lipinski definition) is 5. The van der Waals surface area contributed by atoms with E-state index in [2.05, 4.69) is 10.3 Å². The Balaban J connectivity index is 1.45. The zero-order valence-corrected chi connectivity index (χ0v) is 18.7. The molecule has 1 fully saturated rings. The Bertz CT molecular complexity index is 1110. The molecular formula is C24H25N3O3S. The van der Waals surface area contributed by atoms with Crippen LogP contribution in [-0.2, 0) is 16.0 Å². The molecule has 3 aromatic rings. The van der Waals surface area contributed by atoms with Crippen LogP contribution < -0.4 is 5.32 Å². The fourth-order valence-electron chi connectivity index (χ4n) is 3.49. The summed E-state index contributed by atoms with van der Waals surface area (Å²) in [6.45, 7) is 5.85. The number of thioether (sulfide) groups is 1. The van der Waals surface area contributed by atoms with Gasteiger partial charge in [-0.3, -0.25) is 9.59 Å². The zero-order valence-electron chi connectivity index (χ0n) is 17.8. The number of aromatic nitrogens is 1. The minimum absolute atomic E-state index is 0.107. The van der Waals surface area contributed by atoms with Gasteiger partial charge in [-0.1, -0.05) is 24.3 Å². The van der Waals surface area contributed by atoms with Crippen LogP contribution in [0.2, 0.25) is 0 Å².